The van der Waals surface area contributed by atoms with Gasteiger partial charge in [0, 0.05) is 31.6 Å². The minimum absolute atomic E-state index is 0.0960. The van der Waals surface area contributed by atoms with Gasteiger partial charge in [-0.05, 0) is 51.1 Å². The highest BCUT2D eigenvalue weighted by atomic mass is 16.2. The van der Waals surface area contributed by atoms with Crippen LogP contribution in [-0.4, -0.2) is 54.0 Å². The van der Waals surface area contributed by atoms with Gasteiger partial charge in [-0.15, -0.1) is 0 Å². The van der Waals surface area contributed by atoms with E-state index in [1.165, 1.54) is 45.1 Å². The highest BCUT2D eigenvalue weighted by Crippen LogP contribution is 2.39. The van der Waals surface area contributed by atoms with E-state index < -0.39 is 0 Å². The van der Waals surface area contributed by atoms with Crippen LogP contribution in [-0.2, 0) is 4.79 Å². The Labute approximate surface area is 135 Å². The number of piperidine rings is 1. The van der Waals surface area contributed by atoms with Crippen molar-refractivity contribution in [3.63, 3.8) is 0 Å². The zero-order valence-corrected chi connectivity index (χ0v) is 14.2. The first-order chi connectivity index (χ1) is 10.6. The summed E-state index contributed by atoms with van der Waals surface area (Å²) < 4.78 is 0. The molecular weight excluding hydrogens is 274 g/mol. The molecule has 0 spiro atoms. The van der Waals surface area contributed by atoms with Crippen LogP contribution in [0.4, 0.5) is 0 Å². The number of carbonyl (C=O) groups is 1. The maximum atomic E-state index is 13.0. The third kappa shape index (κ3) is 3.33. The molecule has 2 saturated heterocycles. The van der Waals surface area contributed by atoms with Crippen molar-refractivity contribution in [1.29, 1.82) is 0 Å². The quantitative estimate of drug-likeness (QED) is 0.871. The highest BCUT2D eigenvalue weighted by molar-refractivity contribution is 5.77. The summed E-state index contributed by atoms with van der Waals surface area (Å²) in [6.07, 6.45) is 10.7. The molecule has 0 bridgehead atoms. The molecule has 4 nitrogen and oxygen atoms in total. The number of nitrogens with two attached hydrogens (primary N) is 1. The number of piperazine rings is 1. The van der Waals surface area contributed by atoms with E-state index in [4.69, 9.17) is 5.73 Å². The zero-order valence-electron chi connectivity index (χ0n) is 14.2. The molecule has 0 aromatic heterocycles. The Morgan fingerprint density at radius 2 is 1.91 bits per heavy atom. The van der Waals surface area contributed by atoms with Gasteiger partial charge in [-0.2, -0.15) is 0 Å². The summed E-state index contributed by atoms with van der Waals surface area (Å²) in [7, 11) is 0. The van der Waals surface area contributed by atoms with E-state index >= 15 is 0 Å². The second-order valence-electron chi connectivity index (χ2n) is 7.98. The molecule has 3 fully saturated rings. The maximum absolute atomic E-state index is 13.0. The van der Waals surface area contributed by atoms with Crippen molar-refractivity contribution in [2.24, 2.45) is 11.1 Å². The van der Waals surface area contributed by atoms with Gasteiger partial charge < -0.3 is 10.6 Å². The molecule has 22 heavy (non-hydrogen) atoms. The molecule has 4 heteroatoms. The van der Waals surface area contributed by atoms with E-state index in [9.17, 15) is 4.79 Å². The molecule has 3 aliphatic rings. The summed E-state index contributed by atoms with van der Waals surface area (Å²) >= 11 is 0. The monoisotopic (exact) mass is 307 g/mol. The summed E-state index contributed by atoms with van der Waals surface area (Å²) in [5.41, 5.74) is 6.17. The van der Waals surface area contributed by atoms with Crippen LogP contribution in [0.5, 0.6) is 0 Å². The van der Waals surface area contributed by atoms with Crippen molar-refractivity contribution in [3.05, 3.63) is 0 Å². The fourth-order valence-corrected chi connectivity index (χ4v) is 4.88. The largest absolute Gasteiger partial charge is 0.337 e. The Bertz CT molecular complexity index is 392. The Kier molecular flexibility index (Phi) is 5.08. The third-order valence-corrected chi connectivity index (χ3v) is 6.38. The fourth-order valence-electron chi connectivity index (χ4n) is 4.88. The van der Waals surface area contributed by atoms with Crippen molar-refractivity contribution >= 4 is 5.91 Å². The topological polar surface area (TPSA) is 49.6 Å². The van der Waals surface area contributed by atoms with E-state index in [-0.39, 0.29) is 5.41 Å². The second kappa shape index (κ2) is 6.88. The summed E-state index contributed by atoms with van der Waals surface area (Å²) in [5, 5.41) is 0. The van der Waals surface area contributed by atoms with Crippen molar-refractivity contribution in [1.82, 2.24) is 9.80 Å². The first-order valence-electron chi connectivity index (χ1n) is 9.37. The molecule has 3 rings (SSSR count). The van der Waals surface area contributed by atoms with E-state index in [2.05, 4.69) is 16.7 Å². The molecule has 2 N–H and O–H groups in total. The Balaban J connectivity index is 1.63. The lowest BCUT2D eigenvalue weighted by molar-refractivity contribution is -0.141. The Morgan fingerprint density at radius 3 is 2.64 bits per heavy atom. The lowest BCUT2D eigenvalue weighted by atomic mass is 9.71. The number of amides is 1. The SMILES string of the molecule is CC1CN2CCCCC2CN1C(=O)CC1(CN)CCCCC1. The van der Waals surface area contributed by atoms with Crippen LogP contribution in [0, 0.1) is 5.41 Å². The van der Waals surface area contributed by atoms with Crippen molar-refractivity contribution < 1.29 is 4.79 Å². The first kappa shape index (κ1) is 16.3. The van der Waals surface area contributed by atoms with Gasteiger partial charge in [-0.3, -0.25) is 9.69 Å². The summed E-state index contributed by atoms with van der Waals surface area (Å²) in [6, 6.07) is 0.967. The smallest absolute Gasteiger partial charge is 0.223 e. The summed E-state index contributed by atoms with van der Waals surface area (Å²) in [4.78, 5) is 17.8. The number of nitrogens with zero attached hydrogens (tertiary/aromatic N) is 2. The average molecular weight is 307 g/mol. The van der Waals surface area contributed by atoms with Gasteiger partial charge in [-0.1, -0.05) is 25.7 Å². The van der Waals surface area contributed by atoms with Crippen molar-refractivity contribution in [2.75, 3.05) is 26.2 Å². The van der Waals surface area contributed by atoms with E-state index in [0.29, 0.717) is 31.0 Å². The molecule has 0 aromatic carbocycles. The molecule has 1 saturated carbocycles. The molecular formula is C18H33N3O. The average Bonchev–Trinajstić information content (AvgIpc) is 2.55. The molecule has 2 aliphatic heterocycles. The van der Waals surface area contributed by atoms with Gasteiger partial charge in [0.05, 0.1) is 0 Å². The number of hydrogen-bond acceptors (Lipinski definition) is 3. The van der Waals surface area contributed by atoms with E-state index in [1.807, 2.05) is 0 Å². The summed E-state index contributed by atoms with van der Waals surface area (Å²) in [6.45, 7) is 6.13. The highest BCUT2D eigenvalue weighted by Gasteiger charge is 2.39. The van der Waals surface area contributed by atoms with Gasteiger partial charge in [0.2, 0.25) is 5.91 Å². The molecule has 2 heterocycles. The Morgan fingerprint density at radius 1 is 1.14 bits per heavy atom. The standard InChI is InChI=1S/C18H33N3O/c1-15-12-20-10-6-3-7-16(20)13-21(15)17(22)11-18(14-19)8-4-2-5-9-18/h15-16H,2-14,19H2,1H3. The van der Waals surface area contributed by atoms with Gasteiger partial charge in [0.25, 0.3) is 0 Å². The number of fused-ring (bicyclic) bond motifs is 1. The first-order valence-corrected chi connectivity index (χ1v) is 9.37. The molecule has 0 radical (unpaired) electrons. The van der Waals surface area contributed by atoms with Gasteiger partial charge >= 0.3 is 0 Å². The normalized spacial score (nSPS) is 32.5. The van der Waals surface area contributed by atoms with Gasteiger partial charge in [0.1, 0.15) is 0 Å². The van der Waals surface area contributed by atoms with Gasteiger partial charge in [0.15, 0.2) is 0 Å². The van der Waals surface area contributed by atoms with Gasteiger partial charge in [-0.25, -0.2) is 0 Å². The minimum Gasteiger partial charge on any atom is -0.337 e. The van der Waals surface area contributed by atoms with Crippen LogP contribution in [0.25, 0.3) is 0 Å². The number of carbonyl (C=O) groups excluding carboxylic acids is 1. The van der Waals surface area contributed by atoms with Crippen LogP contribution in [0.3, 0.4) is 0 Å². The second-order valence-corrected chi connectivity index (χ2v) is 7.98. The van der Waals surface area contributed by atoms with Crippen LogP contribution in [0.1, 0.15) is 64.7 Å². The molecule has 0 aromatic rings. The van der Waals surface area contributed by atoms with Crippen molar-refractivity contribution in [2.45, 2.75) is 76.8 Å². The number of hydrogen-bond donors (Lipinski definition) is 1. The molecule has 126 valence electrons. The Hall–Kier alpha value is -0.610. The predicted octanol–water partition coefficient (Wildman–Crippen LogP) is 2.37. The molecule has 2 atom stereocenters. The minimum atomic E-state index is 0.0960. The van der Waals surface area contributed by atoms with E-state index in [1.54, 1.807) is 0 Å². The maximum Gasteiger partial charge on any atom is 0.223 e. The molecule has 1 aliphatic carbocycles. The molecule has 1 amide bonds. The van der Waals surface area contributed by atoms with Crippen LogP contribution < -0.4 is 5.73 Å². The zero-order chi connectivity index (χ0) is 15.6. The van der Waals surface area contributed by atoms with Crippen LogP contribution >= 0.6 is 0 Å². The summed E-state index contributed by atoms with van der Waals surface area (Å²) in [5.74, 6) is 0.366. The fraction of sp³-hybridized carbons (Fsp3) is 0.944. The lowest BCUT2D eigenvalue weighted by Gasteiger charge is -2.48. The van der Waals surface area contributed by atoms with Crippen LogP contribution in [0.2, 0.25) is 0 Å². The van der Waals surface area contributed by atoms with Crippen molar-refractivity contribution in [3.8, 4) is 0 Å². The van der Waals surface area contributed by atoms with Crippen LogP contribution in [0.15, 0.2) is 0 Å². The lowest BCUT2D eigenvalue weighted by Crippen LogP contribution is -2.60. The van der Waals surface area contributed by atoms with E-state index in [0.717, 1.165) is 25.9 Å². The predicted molar refractivity (Wildman–Crippen MR) is 89.6 cm³/mol. The molecule has 2 unspecified atom stereocenters. The number of rotatable bonds is 3. The third-order valence-electron chi connectivity index (χ3n) is 6.38.